The van der Waals surface area contributed by atoms with E-state index in [0.717, 1.165) is 6.42 Å². The Hall–Kier alpha value is -0.910. The van der Waals surface area contributed by atoms with Crippen molar-refractivity contribution in [1.82, 2.24) is 0 Å². The summed E-state index contributed by atoms with van der Waals surface area (Å²) in [5.41, 5.74) is -0.935. The Morgan fingerprint density at radius 3 is 2.00 bits per heavy atom. The van der Waals surface area contributed by atoms with Crippen molar-refractivity contribution in [3.05, 3.63) is 0 Å². The van der Waals surface area contributed by atoms with E-state index in [1.165, 1.54) is 0 Å². The minimum atomic E-state index is -0.741. The average Bonchev–Trinajstić information content (AvgIpc) is 2.22. The van der Waals surface area contributed by atoms with E-state index in [2.05, 4.69) is 37.1 Å². The molecule has 0 amide bonds. The van der Waals surface area contributed by atoms with Crippen LogP contribution in [0.1, 0.15) is 54.9 Å². The minimum absolute atomic E-state index is 0.181. The summed E-state index contributed by atoms with van der Waals surface area (Å²) in [6.45, 7) is 14.3. The summed E-state index contributed by atoms with van der Waals surface area (Å²) < 4.78 is 0. The van der Waals surface area contributed by atoms with Crippen LogP contribution in [0.3, 0.4) is 0 Å². The van der Waals surface area contributed by atoms with Crippen molar-refractivity contribution in [3.8, 4) is 6.07 Å². The zero-order chi connectivity index (χ0) is 13.0. The van der Waals surface area contributed by atoms with Gasteiger partial charge in [-0.1, -0.05) is 41.0 Å². The molecule has 0 saturated heterocycles. The lowest BCUT2D eigenvalue weighted by molar-refractivity contribution is 0.255. The van der Waals surface area contributed by atoms with Crippen LogP contribution in [0.15, 0.2) is 10.2 Å². The topological polar surface area (TPSA) is 48.5 Å². The van der Waals surface area contributed by atoms with Crippen LogP contribution in [-0.4, -0.2) is 11.6 Å². The predicted molar refractivity (Wildman–Crippen MR) is 67.2 cm³/mol. The molecule has 0 heterocycles. The Morgan fingerprint density at radius 1 is 1.19 bits per heavy atom. The molecule has 3 heteroatoms. The van der Waals surface area contributed by atoms with Gasteiger partial charge in [-0.15, -0.1) is 0 Å². The highest BCUT2D eigenvalue weighted by atomic mass is 15.2. The van der Waals surface area contributed by atoms with Gasteiger partial charge in [0.2, 0.25) is 0 Å². The quantitative estimate of drug-likeness (QED) is 0.659. The van der Waals surface area contributed by atoms with Gasteiger partial charge in [0.25, 0.3) is 0 Å². The molecule has 92 valence electrons. The molecule has 0 aromatic heterocycles. The second-order valence-corrected chi connectivity index (χ2v) is 5.78. The lowest BCUT2D eigenvalue weighted by Gasteiger charge is -2.31. The molecule has 0 spiro atoms. The van der Waals surface area contributed by atoms with Gasteiger partial charge < -0.3 is 0 Å². The Kier molecular flexibility index (Phi) is 5.12. The molecule has 0 aliphatic heterocycles. The van der Waals surface area contributed by atoms with Crippen molar-refractivity contribution in [2.75, 3.05) is 0 Å². The first kappa shape index (κ1) is 15.1. The van der Waals surface area contributed by atoms with E-state index in [0.29, 0.717) is 5.92 Å². The fourth-order valence-corrected chi connectivity index (χ4v) is 1.00. The number of azo groups is 1. The highest BCUT2D eigenvalue weighted by Gasteiger charge is 2.38. The third kappa shape index (κ3) is 3.59. The summed E-state index contributed by atoms with van der Waals surface area (Å²) in [7, 11) is 0. The summed E-state index contributed by atoms with van der Waals surface area (Å²) in [6, 6.07) is 2.45. The van der Waals surface area contributed by atoms with Crippen molar-refractivity contribution in [3.63, 3.8) is 0 Å². The smallest absolute Gasteiger partial charge is 0.169 e. The first-order chi connectivity index (χ1) is 7.18. The molecule has 0 bridgehead atoms. The number of rotatable bonds is 4. The molecular weight excluding hydrogens is 198 g/mol. The van der Waals surface area contributed by atoms with Crippen LogP contribution in [0.5, 0.6) is 0 Å². The zero-order valence-electron chi connectivity index (χ0n) is 11.7. The maximum absolute atomic E-state index is 9.23. The van der Waals surface area contributed by atoms with Gasteiger partial charge >= 0.3 is 0 Å². The van der Waals surface area contributed by atoms with Crippen LogP contribution in [0.25, 0.3) is 0 Å². The van der Waals surface area contributed by atoms with Crippen molar-refractivity contribution in [2.24, 2.45) is 21.6 Å². The Labute approximate surface area is 100.0 Å². The summed E-state index contributed by atoms with van der Waals surface area (Å²) in [5, 5.41) is 17.8. The molecule has 0 radical (unpaired) electrons. The molecule has 0 aliphatic rings. The lowest BCUT2D eigenvalue weighted by Crippen LogP contribution is -2.36. The maximum Gasteiger partial charge on any atom is 0.169 e. The summed E-state index contributed by atoms with van der Waals surface area (Å²) in [6.07, 6.45) is 1.08. The van der Waals surface area contributed by atoms with Gasteiger partial charge in [-0.3, -0.25) is 0 Å². The van der Waals surface area contributed by atoms with E-state index in [-0.39, 0.29) is 11.5 Å². The Morgan fingerprint density at radius 2 is 1.69 bits per heavy atom. The van der Waals surface area contributed by atoms with Crippen LogP contribution in [0.4, 0.5) is 0 Å². The van der Waals surface area contributed by atoms with Crippen LogP contribution < -0.4 is 0 Å². The molecular formula is C13H25N3. The SMILES string of the molecule is CCC(C)C(C)N=NC(C)(C#N)C(C)(C)C. The predicted octanol–water partition coefficient (Wildman–Crippen LogP) is 4.20. The molecule has 0 saturated carbocycles. The Balaban J connectivity index is 4.82. The number of nitriles is 1. The highest BCUT2D eigenvalue weighted by molar-refractivity contribution is 5.10. The summed E-state index contributed by atoms with van der Waals surface area (Å²) in [5.74, 6) is 0.506. The molecule has 3 atom stereocenters. The number of hydrogen-bond donors (Lipinski definition) is 0. The van der Waals surface area contributed by atoms with Gasteiger partial charge in [0.05, 0.1) is 12.1 Å². The number of hydrogen-bond acceptors (Lipinski definition) is 3. The van der Waals surface area contributed by atoms with Crippen LogP contribution in [0.2, 0.25) is 0 Å². The fourth-order valence-electron chi connectivity index (χ4n) is 1.00. The molecule has 0 rings (SSSR count). The van der Waals surface area contributed by atoms with Gasteiger partial charge in [0, 0.05) is 5.41 Å². The van der Waals surface area contributed by atoms with E-state index >= 15 is 0 Å². The molecule has 0 aromatic rings. The second kappa shape index (κ2) is 5.43. The molecule has 0 aromatic carbocycles. The molecule has 3 nitrogen and oxygen atoms in total. The normalized spacial score (nSPS) is 20.1. The molecule has 0 aliphatic carbocycles. The highest BCUT2D eigenvalue weighted by Crippen LogP contribution is 2.33. The molecule has 0 N–H and O–H groups in total. The molecule has 0 fully saturated rings. The van der Waals surface area contributed by atoms with Crippen LogP contribution in [0, 0.1) is 22.7 Å². The van der Waals surface area contributed by atoms with E-state index in [1.54, 1.807) is 0 Å². The van der Waals surface area contributed by atoms with Crippen molar-refractivity contribution < 1.29 is 0 Å². The Bertz CT molecular complexity index is 283. The van der Waals surface area contributed by atoms with Crippen LogP contribution >= 0.6 is 0 Å². The van der Waals surface area contributed by atoms with E-state index in [9.17, 15) is 5.26 Å². The van der Waals surface area contributed by atoms with Gasteiger partial charge in [0.15, 0.2) is 5.54 Å². The van der Waals surface area contributed by atoms with Gasteiger partial charge in [-0.25, -0.2) is 0 Å². The average molecular weight is 223 g/mol. The van der Waals surface area contributed by atoms with Crippen molar-refractivity contribution in [2.45, 2.75) is 66.5 Å². The zero-order valence-corrected chi connectivity index (χ0v) is 11.7. The second-order valence-electron chi connectivity index (χ2n) is 5.78. The largest absolute Gasteiger partial charge is 0.196 e. The van der Waals surface area contributed by atoms with Gasteiger partial charge in [-0.05, 0) is 19.8 Å². The summed E-state index contributed by atoms with van der Waals surface area (Å²) in [4.78, 5) is 0. The van der Waals surface area contributed by atoms with E-state index < -0.39 is 5.54 Å². The van der Waals surface area contributed by atoms with Crippen LogP contribution in [-0.2, 0) is 0 Å². The first-order valence-electron chi connectivity index (χ1n) is 6.01. The number of nitrogens with zero attached hydrogens (tertiary/aromatic N) is 3. The third-order valence-electron chi connectivity index (χ3n) is 3.59. The van der Waals surface area contributed by atoms with Crippen molar-refractivity contribution in [1.29, 1.82) is 5.26 Å². The minimum Gasteiger partial charge on any atom is -0.196 e. The monoisotopic (exact) mass is 223 g/mol. The van der Waals surface area contributed by atoms with E-state index in [1.807, 2.05) is 27.7 Å². The van der Waals surface area contributed by atoms with E-state index in [4.69, 9.17) is 0 Å². The summed E-state index contributed by atoms with van der Waals surface area (Å²) >= 11 is 0. The standard InChI is InChI=1S/C13H25N3/c1-8-10(2)11(3)15-16-13(7,9-14)12(4,5)6/h10-11H,8H2,1-7H3. The molecule has 16 heavy (non-hydrogen) atoms. The lowest BCUT2D eigenvalue weighted by atomic mass is 9.77. The van der Waals surface area contributed by atoms with Gasteiger partial charge in [-0.2, -0.15) is 15.5 Å². The first-order valence-corrected chi connectivity index (χ1v) is 6.01. The van der Waals surface area contributed by atoms with Gasteiger partial charge in [0.1, 0.15) is 0 Å². The maximum atomic E-state index is 9.23. The van der Waals surface area contributed by atoms with Crippen molar-refractivity contribution >= 4 is 0 Å². The fraction of sp³-hybridized carbons (Fsp3) is 0.923. The molecule has 3 unspecified atom stereocenters. The third-order valence-corrected chi connectivity index (χ3v) is 3.59.